The van der Waals surface area contributed by atoms with Gasteiger partial charge in [0.1, 0.15) is 6.61 Å². The molecule has 0 fully saturated rings. The molecule has 0 aromatic heterocycles. The highest BCUT2D eigenvalue weighted by Crippen LogP contribution is 2.43. The van der Waals surface area contributed by atoms with Gasteiger partial charge in [-0.05, 0) is 77.0 Å². The van der Waals surface area contributed by atoms with Crippen molar-refractivity contribution < 1.29 is 37.6 Å². The van der Waals surface area contributed by atoms with Gasteiger partial charge in [0.05, 0.1) is 13.2 Å². The molecule has 2 atom stereocenters. The smallest absolute Gasteiger partial charge is 0.462 e. The summed E-state index contributed by atoms with van der Waals surface area (Å²) in [5, 5.41) is 0. The molecule has 0 radical (unpaired) electrons. The Morgan fingerprint density at radius 2 is 1.04 bits per heavy atom. The van der Waals surface area contributed by atoms with Gasteiger partial charge in [-0.1, -0.05) is 138 Å². The molecule has 0 saturated heterocycles. The quantitative estimate of drug-likeness (QED) is 0.0274. The average molecular weight is 764 g/mol. The number of phosphoric acid groups is 1. The summed E-state index contributed by atoms with van der Waals surface area (Å²) in [4.78, 5) is 34.8. The molecule has 304 valence electrons. The Morgan fingerprint density at radius 3 is 1.57 bits per heavy atom. The Bertz CT molecular complexity index is 1100. The molecule has 0 aliphatic heterocycles. The third-order valence-electron chi connectivity index (χ3n) is 8.08. The summed E-state index contributed by atoms with van der Waals surface area (Å²) < 4.78 is 32.7. The molecule has 0 aromatic rings. The molecule has 0 aromatic carbocycles. The van der Waals surface area contributed by atoms with Crippen LogP contribution < -0.4 is 5.73 Å². The maximum Gasteiger partial charge on any atom is 0.472 e. The molecular formula is C43H74NO8P. The predicted octanol–water partition coefficient (Wildman–Crippen LogP) is 11.5. The number of phosphoric ester groups is 1. The summed E-state index contributed by atoms with van der Waals surface area (Å²) in [6.07, 6.45) is 46.5. The van der Waals surface area contributed by atoms with Crippen LogP contribution in [-0.4, -0.2) is 49.3 Å². The lowest BCUT2D eigenvalue weighted by atomic mass is 10.1. The van der Waals surface area contributed by atoms with Gasteiger partial charge in [-0.2, -0.15) is 0 Å². The fraction of sp³-hybridized carbons (Fsp3) is 0.674. The summed E-state index contributed by atoms with van der Waals surface area (Å²) in [5.41, 5.74) is 5.33. The Morgan fingerprint density at radius 1 is 0.585 bits per heavy atom. The van der Waals surface area contributed by atoms with Crippen LogP contribution in [0.4, 0.5) is 0 Å². The first-order chi connectivity index (χ1) is 25.8. The van der Waals surface area contributed by atoms with Crippen molar-refractivity contribution in [2.75, 3.05) is 26.4 Å². The van der Waals surface area contributed by atoms with Crippen LogP contribution in [0.1, 0.15) is 155 Å². The number of ether oxygens (including phenoxy) is 2. The normalized spacial score (nSPS) is 14.1. The lowest BCUT2D eigenvalue weighted by molar-refractivity contribution is -0.161. The second-order valence-electron chi connectivity index (χ2n) is 13.1. The first-order valence-electron chi connectivity index (χ1n) is 20.4. The Hall–Kier alpha value is -2.55. The Balaban J connectivity index is 4.23. The van der Waals surface area contributed by atoms with Crippen LogP contribution in [0.25, 0.3) is 0 Å². The van der Waals surface area contributed by atoms with Gasteiger partial charge in [-0.15, -0.1) is 0 Å². The maximum atomic E-state index is 12.6. The fourth-order valence-corrected chi connectivity index (χ4v) is 5.82. The van der Waals surface area contributed by atoms with E-state index in [1.807, 2.05) is 0 Å². The number of hydrogen-bond donors (Lipinski definition) is 2. The molecule has 0 aliphatic carbocycles. The molecule has 0 spiro atoms. The topological polar surface area (TPSA) is 134 Å². The Labute approximate surface area is 322 Å². The number of esters is 2. The van der Waals surface area contributed by atoms with Crippen LogP contribution >= 0.6 is 7.82 Å². The van der Waals surface area contributed by atoms with Crippen LogP contribution in [0.2, 0.25) is 0 Å². The Kier molecular flexibility index (Phi) is 37.3. The fourth-order valence-electron chi connectivity index (χ4n) is 5.05. The number of rotatable bonds is 37. The molecule has 0 rings (SSSR count). The summed E-state index contributed by atoms with van der Waals surface area (Å²) in [7, 11) is -4.38. The lowest BCUT2D eigenvalue weighted by Crippen LogP contribution is -2.29. The van der Waals surface area contributed by atoms with Gasteiger partial charge in [0, 0.05) is 19.4 Å². The molecule has 3 N–H and O–H groups in total. The van der Waals surface area contributed by atoms with E-state index < -0.39 is 32.5 Å². The van der Waals surface area contributed by atoms with Gasteiger partial charge in [0.25, 0.3) is 0 Å². The van der Waals surface area contributed by atoms with Crippen molar-refractivity contribution in [1.82, 2.24) is 0 Å². The summed E-state index contributed by atoms with van der Waals surface area (Å²) >= 11 is 0. The van der Waals surface area contributed by atoms with Crippen LogP contribution in [0.3, 0.4) is 0 Å². The molecule has 9 nitrogen and oxygen atoms in total. The SMILES string of the molecule is CC/C=C\C/C=C\C/C=C\C/C=C\C/C=C\CCCCCCCC(=O)OC(COC(=O)CCCCCCC/C=C\CCCC)COP(=O)(O)OCCN. The van der Waals surface area contributed by atoms with Crippen molar-refractivity contribution in [3.63, 3.8) is 0 Å². The van der Waals surface area contributed by atoms with Crippen molar-refractivity contribution >= 4 is 19.8 Å². The van der Waals surface area contributed by atoms with Crippen molar-refractivity contribution in [3.8, 4) is 0 Å². The highest BCUT2D eigenvalue weighted by atomic mass is 31.2. The van der Waals surface area contributed by atoms with Crippen molar-refractivity contribution in [1.29, 1.82) is 0 Å². The minimum Gasteiger partial charge on any atom is -0.462 e. The van der Waals surface area contributed by atoms with Gasteiger partial charge in [0.2, 0.25) is 0 Å². The number of allylic oxidation sites excluding steroid dienone is 12. The molecule has 53 heavy (non-hydrogen) atoms. The monoisotopic (exact) mass is 764 g/mol. The van der Waals surface area contributed by atoms with Gasteiger partial charge >= 0.3 is 19.8 Å². The zero-order valence-electron chi connectivity index (χ0n) is 33.2. The molecule has 10 heteroatoms. The van der Waals surface area contributed by atoms with E-state index in [9.17, 15) is 19.0 Å². The van der Waals surface area contributed by atoms with Gasteiger partial charge < -0.3 is 20.1 Å². The average Bonchev–Trinajstić information content (AvgIpc) is 3.14. The third-order valence-corrected chi connectivity index (χ3v) is 9.06. The minimum atomic E-state index is -4.38. The summed E-state index contributed by atoms with van der Waals surface area (Å²) in [5.74, 6) is -0.870. The number of carbonyl (C=O) groups excluding carboxylic acids is 2. The number of hydrogen-bond acceptors (Lipinski definition) is 8. The largest absolute Gasteiger partial charge is 0.472 e. The van der Waals surface area contributed by atoms with Crippen LogP contribution in [0.15, 0.2) is 72.9 Å². The molecule has 0 bridgehead atoms. The molecule has 0 saturated carbocycles. The highest BCUT2D eigenvalue weighted by molar-refractivity contribution is 7.47. The van der Waals surface area contributed by atoms with Crippen molar-refractivity contribution in [2.24, 2.45) is 5.73 Å². The first kappa shape index (κ1) is 50.5. The van der Waals surface area contributed by atoms with E-state index >= 15 is 0 Å². The van der Waals surface area contributed by atoms with Crippen molar-refractivity contribution in [2.45, 2.75) is 161 Å². The second kappa shape index (κ2) is 39.2. The van der Waals surface area contributed by atoms with Gasteiger partial charge in [-0.3, -0.25) is 18.6 Å². The van der Waals surface area contributed by atoms with E-state index in [1.54, 1.807) is 0 Å². The van der Waals surface area contributed by atoms with E-state index in [2.05, 4.69) is 86.8 Å². The summed E-state index contributed by atoms with van der Waals surface area (Å²) in [6.45, 7) is 3.52. The highest BCUT2D eigenvalue weighted by Gasteiger charge is 2.25. The molecule has 0 aliphatic rings. The number of unbranched alkanes of at least 4 members (excludes halogenated alkanes) is 12. The van der Waals surface area contributed by atoms with Crippen LogP contribution in [-0.2, 0) is 32.7 Å². The third kappa shape index (κ3) is 39.0. The predicted molar refractivity (Wildman–Crippen MR) is 219 cm³/mol. The maximum absolute atomic E-state index is 12.6. The van der Waals surface area contributed by atoms with Crippen LogP contribution in [0.5, 0.6) is 0 Å². The van der Waals surface area contributed by atoms with E-state index in [0.29, 0.717) is 12.8 Å². The molecular weight excluding hydrogens is 689 g/mol. The second-order valence-corrected chi connectivity index (χ2v) is 14.6. The van der Waals surface area contributed by atoms with Crippen LogP contribution in [0, 0.1) is 0 Å². The molecule has 0 amide bonds. The minimum absolute atomic E-state index is 0.0451. The van der Waals surface area contributed by atoms with Gasteiger partial charge in [0.15, 0.2) is 6.10 Å². The number of carbonyl (C=O) groups is 2. The van der Waals surface area contributed by atoms with E-state index in [1.165, 1.54) is 12.8 Å². The molecule has 0 heterocycles. The zero-order valence-corrected chi connectivity index (χ0v) is 34.1. The number of nitrogens with two attached hydrogens (primary N) is 1. The molecule has 2 unspecified atom stereocenters. The lowest BCUT2D eigenvalue weighted by Gasteiger charge is -2.19. The van der Waals surface area contributed by atoms with Crippen molar-refractivity contribution in [3.05, 3.63) is 72.9 Å². The van der Waals surface area contributed by atoms with E-state index in [0.717, 1.165) is 103 Å². The zero-order chi connectivity index (χ0) is 38.9. The first-order valence-corrected chi connectivity index (χ1v) is 21.9. The summed E-state index contributed by atoms with van der Waals surface area (Å²) in [6, 6.07) is 0. The van der Waals surface area contributed by atoms with E-state index in [4.69, 9.17) is 24.3 Å². The van der Waals surface area contributed by atoms with Gasteiger partial charge in [-0.25, -0.2) is 4.57 Å². The van der Waals surface area contributed by atoms with E-state index in [-0.39, 0.29) is 32.6 Å². The standard InChI is InChI=1S/C43H74NO8P/c1-3-5-7-9-11-13-15-16-17-18-19-20-21-22-23-24-26-28-30-32-34-36-43(46)52-41(40-51-53(47,48)50-38-37-44)39-49-42(45)35-33-31-29-27-25-14-12-10-8-6-4-2/h5,7,10-13,16-17,19-20,22-23,41H,3-4,6,8-9,14-15,18,21,24-40,44H2,1-2H3,(H,47,48)/b7-5-,12-10-,13-11-,17-16-,20-19-,23-22-.